The van der Waals surface area contributed by atoms with Gasteiger partial charge in [0.2, 0.25) is 11.7 Å². The van der Waals surface area contributed by atoms with E-state index in [0.29, 0.717) is 11.4 Å². The molecule has 0 aliphatic heterocycles. The first-order valence-electron chi connectivity index (χ1n) is 5.67. The molecule has 96 valence electrons. The van der Waals surface area contributed by atoms with Crippen molar-refractivity contribution < 1.29 is 4.79 Å². The monoisotopic (exact) mass is 255 g/mol. The summed E-state index contributed by atoms with van der Waals surface area (Å²) in [5.41, 5.74) is 7.85. The number of nitrogen functional groups attached to an aromatic ring is 1. The van der Waals surface area contributed by atoms with Crippen LogP contribution in [0.1, 0.15) is 11.4 Å². The number of nitrogens with two attached hydrogens (primary N) is 1. The number of rotatable bonds is 3. The standard InChI is InChI=1S/C13H13N5O/c1-9-2-3-10(15)6-11(9)17-13(19)8-18-5-4-16-12(18)7-14/h2-6H,8,15H2,1H3,(H,17,19). The van der Waals surface area contributed by atoms with Crippen LogP contribution in [0.25, 0.3) is 0 Å². The van der Waals surface area contributed by atoms with Crippen molar-refractivity contribution >= 4 is 17.3 Å². The maximum atomic E-state index is 11.9. The number of benzene rings is 1. The minimum Gasteiger partial charge on any atom is -0.399 e. The Morgan fingerprint density at radius 1 is 1.58 bits per heavy atom. The molecule has 1 heterocycles. The van der Waals surface area contributed by atoms with Crippen molar-refractivity contribution in [3.8, 4) is 6.07 Å². The van der Waals surface area contributed by atoms with E-state index in [9.17, 15) is 4.79 Å². The molecule has 0 spiro atoms. The highest BCUT2D eigenvalue weighted by molar-refractivity contribution is 5.91. The SMILES string of the molecule is Cc1ccc(N)cc1NC(=O)Cn1ccnc1C#N. The van der Waals surface area contributed by atoms with Crippen LogP contribution in [-0.4, -0.2) is 15.5 Å². The molecule has 0 bridgehead atoms. The fourth-order valence-corrected chi connectivity index (χ4v) is 1.67. The number of aromatic nitrogens is 2. The molecule has 0 radical (unpaired) electrons. The molecule has 0 fully saturated rings. The second-order valence-electron chi connectivity index (χ2n) is 4.11. The van der Waals surface area contributed by atoms with E-state index in [0.717, 1.165) is 5.56 Å². The number of aryl methyl sites for hydroxylation is 1. The van der Waals surface area contributed by atoms with Gasteiger partial charge >= 0.3 is 0 Å². The summed E-state index contributed by atoms with van der Waals surface area (Å²) in [6.07, 6.45) is 3.07. The Morgan fingerprint density at radius 2 is 2.37 bits per heavy atom. The molecule has 0 saturated heterocycles. The quantitative estimate of drug-likeness (QED) is 0.807. The third-order valence-corrected chi connectivity index (χ3v) is 2.67. The fourth-order valence-electron chi connectivity index (χ4n) is 1.67. The van der Waals surface area contributed by atoms with Gasteiger partial charge in [0.15, 0.2) is 0 Å². The Hall–Kier alpha value is -2.81. The van der Waals surface area contributed by atoms with Crippen molar-refractivity contribution in [2.24, 2.45) is 0 Å². The molecule has 0 unspecified atom stereocenters. The van der Waals surface area contributed by atoms with Gasteiger partial charge in [-0.2, -0.15) is 5.26 Å². The zero-order valence-electron chi connectivity index (χ0n) is 10.4. The Bertz CT molecular complexity index is 653. The van der Waals surface area contributed by atoms with Crippen LogP contribution in [0.15, 0.2) is 30.6 Å². The van der Waals surface area contributed by atoms with Gasteiger partial charge in [-0.25, -0.2) is 4.98 Å². The number of hydrogen-bond donors (Lipinski definition) is 2. The molecule has 1 aromatic heterocycles. The number of hydrogen-bond acceptors (Lipinski definition) is 4. The lowest BCUT2D eigenvalue weighted by atomic mass is 10.2. The smallest absolute Gasteiger partial charge is 0.244 e. The van der Waals surface area contributed by atoms with Crippen LogP contribution in [0.2, 0.25) is 0 Å². The van der Waals surface area contributed by atoms with E-state index in [1.54, 1.807) is 18.3 Å². The first-order valence-corrected chi connectivity index (χ1v) is 5.67. The van der Waals surface area contributed by atoms with Crippen molar-refractivity contribution in [1.82, 2.24) is 9.55 Å². The summed E-state index contributed by atoms with van der Waals surface area (Å²) >= 11 is 0. The average Bonchev–Trinajstić information content (AvgIpc) is 2.81. The van der Waals surface area contributed by atoms with Crippen LogP contribution >= 0.6 is 0 Å². The molecule has 6 nitrogen and oxygen atoms in total. The van der Waals surface area contributed by atoms with E-state index in [4.69, 9.17) is 11.0 Å². The van der Waals surface area contributed by atoms with Crippen LogP contribution < -0.4 is 11.1 Å². The van der Waals surface area contributed by atoms with Crippen LogP contribution in [-0.2, 0) is 11.3 Å². The van der Waals surface area contributed by atoms with Gasteiger partial charge in [0.25, 0.3) is 0 Å². The Kier molecular flexibility index (Phi) is 3.48. The second kappa shape index (κ2) is 5.23. The number of nitrogens with one attached hydrogen (secondary N) is 1. The molecule has 2 rings (SSSR count). The van der Waals surface area contributed by atoms with E-state index < -0.39 is 0 Å². The van der Waals surface area contributed by atoms with Gasteiger partial charge < -0.3 is 15.6 Å². The number of amides is 1. The molecular formula is C13H13N5O. The fraction of sp³-hybridized carbons (Fsp3) is 0.154. The van der Waals surface area contributed by atoms with Crippen LogP contribution in [0, 0.1) is 18.3 Å². The molecular weight excluding hydrogens is 242 g/mol. The maximum Gasteiger partial charge on any atom is 0.244 e. The van der Waals surface area contributed by atoms with Gasteiger partial charge in [-0.3, -0.25) is 4.79 Å². The lowest BCUT2D eigenvalue weighted by Crippen LogP contribution is -2.19. The third-order valence-electron chi connectivity index (χ3n) is 2.67. The summed E-state index contributed by atoms with van der Waals surface area (Å²) in [6.45, 7) is 1.92. The summed E-state index contributed by atoms with van der Waals surface area (Å²) in [6, 6.07) is 7.23. The van der Waals surface area contributed by atoms with Gasteiger partial charge in [-0.1, -0.05) is 6.07 Å². The van der Waals surface area contributed by atoms with Crippen LogP contribution in [0.5, 0.6) is 0 Å². The van der Waals surface area contributed by atoms with Gasteiger partial charge in [0, 0.05) is 23.8 Å². The van der Waals surface area contributed by atoms with E-state index >= 15 is 0 Å². The largest absolute Gasteiger partial charge is 0.399 e. The summed E-state index contributed by atoms with van der Waals surface area (Å²) in [4.78, 5) is 15.7. The first-order chi connectivity index (χ1) is 9.10. The normalized spacial score (nSPS) is 9.89. The molecule has 2 aromatic rings. The zero-order valence-corrected chi connectivity index (χ0v) is 10.4. The van der Waals surface area contributed by atoms with Crippen molar-refractivity contribution in [3.05, 3.63) is 42.0 Å². The van der Waals surface area contributed by atoms with E-state index in [1.807, 2.05) is 19.1 Å². The summed E-state index contributed by atoms with van der Waals surface area (Å²) in [5, 5.41) is 11.6. The summed E-state index contributed by atoms with van der Waals surface area (Å²) < 4.78 is 1.48. The molecule has 0 aliphatic carbocycles. The number of imidazole rings is 1. The number of nitrogens with zero attached hydrogens (tertiary/aromatic N) is 3. The summed E-state index contributed by atoms with van der Waals surface area (Å²) in [5.74, 6) is -0.0253. The predicted octanol–water partition coefficient (Wildman–Crippen LogP) is 1.28. The Labute approximate surface area is 110 Å². The number of anilines is 2. The van der Waals surface area contributed by atoms with Gasteiger partial charge in [0.05, 0.1) is 0 Å². The van der Waals surface area contributed by atoms with E-state index in [-0.39, 0.29) is 18.3 Å². The Morgan fingerprint density at radius 3 is 3.11 bits per heavy atom. The van der Waals surface area contributed by atoms with Gasteiger partial charge in [0.1, 0.15) is 12.6 Å². The minimum absolute atomic E-state index is 0.0388. The number of carbonyl (C=O) groups is 1. The van der Waals surface area contributed by atoms with Crippen molar-refractivity contribution in [1.29, 1.82) is 5.26 Å². The first kappa shape index (κ1) is 12.6. The molecule has 1 amide bonds. The predicted molar refractivity (Wildman–Crippen MR) is 71.2 cm³/mol. The molecule has 0 aliphatic rings. The zero-order chi connectivity index (χ0) is 13.8. The highest BCUT2D eigenvalue weighted by atomic mass is 16.1. The van der Waals surface area contributed by atoms with Crippen molar-refractivity contribution in [2.75, 3.05) is 11.1 Å². The van der Waals surface area contributed by atoms with Gasteiger partial charge in [-0.05, 0) is 24.6 Å². The van der Waals surface area contributed by atoms with Gasteiger partial charge in [-0.15, -0.1) is 0 Å². The topological polar surface area (TPSA) is 96.7 Å². The second-order valence-corrected chi connectivity index (χ2v) is 4.11. The molecule has 0 atom stereocenters. The number of carbonyl (C=O) groups excluding carboxylic acids is 1. The lowest BCUT2D eigenvalue weighted by Gasteiger charge is -2.09. The molecule has 0 saturated carbocycles. The highest BCUT2D eigenvalue weighted by Crippen LogP contribution is 2.18. The minimum atomic E-state index is -0.233. The van der Waals surface area contributed by atoms with Crippen molar-refractivity contribution in [3.63, 3.8) is 0 Å². The maximum absolute atomic E-state index is 11.9. The van der Waals surface area contributed by atoms with Crippen LogP contribution in [0.3, 0.4) is 0 Å². The Balaban J connectivity index is 2.10. The molecule has 1 aromatic carbocycles. The molecule has 3 N–H and O–H groups in total. The average molecular weight is 255 g/mol. The van der Waals surface area contributed by atoms with Crippen molar-refractivity contribution in [2.45, 2.75) is 13.5 Å². The number of nitriles is 1. The third kappa shape index (κ3) is 2.90. The molecule has 6 heteroatoms. The van der Waals surface area contributed by atoms with E-state index in [2.05, 4.69) is 10.3 Å². The summed E-state index contributed by atoms with van der Waals surface area (Å²) in [7, 11) is 0. The van der Waals surface area contributed by atoms with Crippen LogP contribution in [0.4, 0.5) is 11.4 Å². The molecule has 19 heavy (non-hydrogen) atoms. The van der Waals surface area contributed by atoms with E-state index in [1.165, 1.54) is 10.8 Å². The highest BCUT2D eigenvalue weighted by Gasteiger charge is 2.08. The lowest BCUT2D eigenvalue weighted by molar-refractivity contribution is -0.116.